The molecule has 9 nitrogen and oxygen atoms in total. The fraction of sp³-hybridized carbons (Fsp3) is 0.300. The standard InChI is InChI=1S/C20H21N3O6S/c1-2-7-21-17(24)10-27-20(26)14-4-3-8-22-19(14)30-11-18(25)23-13-5-6-15-16(9-13)29-12-28-15/h3-6,8-9H,2,7,10-12H2,1H3,(H,21,24)(H,23,25). The third kappa shape index (κ3) is 5.86. The zero-order chi connectivity index (χ0) is 21.3. The van der Waals surface area contributed by atoms with E-state index >= 15 is 0 Å². The molecule has 1 aliphatic rings. The minimum Gasteiger partial charge on any atom is -0.454 e. The van der Waals surface area contributed by atoms with E-state index in [1.807, 2.05) is 6.92 Å². The van der Waals surface area contributed by atoms with Gasteiger partial charge in [-0.2, -0.15) is 0 Å². The Hall–Kier alpha value is -3.27. The number of carbonyl (C=O) groups excluding carboxylic acids is 3. The predicted octanol–water partition coefficient (Wildman–Crippen LogP) is 2.22. The smallest absolute Gasteiger partial charge is 0.341 e. The monoisotopic (exact) mass is 431 g/mol. The second kappa shape index (κ2) is 10.5. The lowest BCUT2D eigenvalue weighted by atomic mass is 10.3. The van der Waals surface area contributed by atoms with Crippen LogP contribution in [0.1, 0.15) is 23.7 Å². The molecule has 1 aromatic carbocycles. The first kappa shape index (κ1) is 21.4. The van der Waals surface area contributed by atoms with Gasteiger partial charge in [0, 0.05) is 24.5 Å². The molecular formula is C20H21N3O6S. The van der Waals surface area contributed by atoms with Crippen LogP contribution in [0.2, 0.25) is 0 Å². The minimum atomic E-state index is -0.673. The van der Waals surface area contributed by atoms with E-state index < -0.39 is 5.97 Å². The van der Waals surface area contributed by atoms with Gasteiger partial charge in [0.15, 0.2) is 18.1 Å². The molecule has 158 valence electrons. The van der Waals surface area contributed by atoms with Crippen LogP contribution in [0.3, 0.4) is 0 Å². The Morgan fingerprint density at radius 1 is 1.17 bits per heavy atom. The SMILES string of the molecule is CCCNC(=O)COC(=O)c1cccnc1SCC(=O)Nc1ccc2c(c1)OCO2. The first-order valence-electron chi connectivity index (χ1n) is 9.28. The van der Waals surface area contributed by atoms with Gasteiger partial charge < -0.3 is 24.8 Å². The maximum absolute atomic E-state index is 12.3. The molecule has 0 unspecified atom stereocenters. The normalized spacial score (nSPS) is 11.6. The number of esters is 1. The van der Waals surface area contributed by atoms with E-state index in [2.05, 4.69) is 15.6 Å². The fourth-order valence-electron chi connectivity index (χ4n) is 2.49. The van der Waals surface area contributed by atoms with Crippen molar-refractivity contribution in [3.8, 4) is 11.5 Å². The number of hydrogen-bond acceptors (Lipinski definition) is 8. The summed E-state index contributed by atoms with van der Waals surface area (Å²) in [7, 11) is 0. The van der Waals surface area contributed by atoms with Crippen molar-refractivity contribution in [1.82, 2.24) is 10.3 Å². The van der Waals surface area contributed by atoms with E-state index in [9.17, 15) is 14.4 Å². The summed E-state index contributed by atoms with van der Waals surface area (Å²) in [5, 5.41) is 5.73. The van der Waals surface area contributed by atoms with Gasteiger partial charge in [0.05, 0.1) is 11.3 Å². The van der Waals surface area contributed by atoms with Crippen LogP contribution in [0.5, 0.6) is 11.5 Å². The molecule has 30 heavy (non-hydrogen) atoms. The van der Waals surface area contributed by atoms with Gasteiger partial charge in [-0.3, -0.25) is 9.59 Å². The first-order valence-corrected chi connectivity index (χ1v) is 10.3. The van der Waals surface area contributed by atoms with E-state index in [-0.39, 0.29) is 36.5 Å². The molecular weight excluding hydrogens is 410 g/mol. The van der Waals surface area contributed by atoms with Crippen molar-refractivity contribution in [1.29, 1.82) is 0 Å². The molecule has 2 amide bonds. The molecule has 0 saturated heterocycles. The summed E-state index contributed by atoms with van der Waals surface area (Å²) in [5.41, 5.74) is 0.769. The Kier molecular flexibility index (Phi) is 7.50. The Morgan fingerprint density at radius 2 is 2.00 bits per heavy atom. The highest BCUT2D eigenvalue weighted by Gasteiger charge is 2.18. The van der Waals surface area contributed by atoms with Crippen molar-refractivity contribution in [3.63, 3.8) is 0 Å². The molecule has 0 aliphatic carbocycles. The van der Waals surface area contributed by atoms with Crippen LogP contribution < -0.4 is 20.1 Å². The first-order chi connectivity index (χ1) is 14.6. The van der Waals surface area contributed by atoms with Gasteiger partial charge >= 0.3 is 5.97 Å². The summed E-state index contributed by atoms with van der Waals surface area (Å²) in [6.45, 7) is 2.22. The van der Waals surface area contributed by atoms with Crippen LogP contribution >= 0.6 is 11.8 Å². The largest absolute Gasteiger partial charge is 0.454 e. The van der Waals surface area contributed by atoms with E-state index in [0.29, 0.717) is 28.8 Å². The summed E-state index contributed by atoms with van der Waals surface area (Å²) in [6, 6.07) is 8.23. The third-order valence-corrected chi connectivity index (χ3v) is 4.90. The lowest BCUT2D eigenvalue weighted by Gasteiger charge is -2.09. The van der Waals surface area contributed by atoms with E-state index in [1.165, 1.54) is 12.3 Å². The number of nitrogens with one attached hydrogen (secondary N) is 2. The number of thioether (sulfide) groups is 1. The van der Waals surface area contributed by atoms with Crippen LogP contribution in [0.15, 0.2) is 41.6 Å². The topological polar surface area (TPSA) is 116 Å². The lowest BCUT2D eigenvalue weighted by molar-refractivity contribution is -0.124. The number of hydrogen-bond donors (Lipinski definition) is 2. The molecule has 0 fully saturated rings. The van der Waals surface area contributed by atoms with Gasteiger partial charge in [-0.25, -0.2) is 9.78 Å². The van der Waals surface area contributed by atoms with Crippen LogP contribution in [0.25, 0.3) is 0 Å². The molecule has 0 spiro atoms. The van der Waals surface area contributed by atoms with Gasteiger partial charge in [-0.1, -0.05) is 18.7 Å². The molecule has 10 heteroatoms. The zero-order valence-corrected chi connectivity index (χ0v) is 17.1. The molecule has 0 saturated carbocycles. The number of nitrogens with zero attached hydrogens (tertiary/aromatic N) is 1. The maximum Gasteiger partial charge on any atom is 0.341 e. The van der Waals surface area contributed by atoms with Crippen molar-refractivity contribution in [2.45, 2.75) is 18.4 Å². The van der Waals surface area contributed by atoms with Crippen LogP contribution in [-0.4, -0.2) is 48.5 Å². The third-order valence-electron chi connectivity index (χ3n) is 3.89. The Balaban J connectivity index is 1.53. The van der Waals surface area contributed by atoms with Gasteiger partial charge in [0.2, 0.25) is 12.7 Å². The predicted molar refractivity (Wildman–Crippen MR) is 110 cm³/mol. The molecule has 3 rings (SSSR count). The minimum absolute atomic E-state index is 0.0305. The van der Waals surface area contributed by atoms with Gasteiger partial charge in [-0.15, -0.1) is 0 Å². The second-order valence-corrected chi connectivity index (χ2v) is 7.15. The van der Waals surface area contributed by atoms with Crippen molar-refractivity contribution in [2.24, 2.45) is 0 Å². The molecule has 0 bridgehead atoms. The zero-order valence-electron chi connectivity index (χ0n) is 16.3. The number of rotatable bonds is 9. The van der Waals surface area contributed by atoms with Crippen LogP contribution in [-0.2, 0) is 14.3 Å². The van der Waals surface area contributed by atoms with E-state index in [1.54, 1.807) is 24.3 Å². The number of fused-ring (bicyclic) bond motifs is 1. The molecule has 1 aromatic heterocycles. The molecule has 2 aromatic rings. The highest BCUT2D eigenvalue weighted by molar-refractivity contribution is 8.00. The number of pyridine rings is 1. The average Bonchev–Trinajstić information content (AvgIpc) is 3.22. The summed E-state index contributed by atoms with van der Waals surface area (Å²) >= 11 is 1.10. The van der Waals surface area contributed by atoms with Crippen molar-refractivity contribution >= 4 is 35.2 Å². The molecule has 1 aliphatic heterocycles. The average molecular weight is 431 g/mol. The lowest BCUT2D eigenvalue weighted by Crippen LogP contribution is -2.29. The number of aromatic nitrogens is 1. The molecule has 2 heterocycles. The molecule has 0 atom stereocenters. The summed E-state index contributed by atoms with van der Waals surface area (Å²) in [4.78, 5) is 40.3. The maximum atomic E-state index is 12.3. The summed E-state index contributed by atoms with van der Waals surface area (Å²) in [5.74, 6) is -0.0916. The number of benzene rings is 1. The van der Waals surface area contributed by atoms with E-state index in [0.717, 1.165) is 18.2 Å². The summed E-state index contributed by atoms with van der Waals surface area (Å²) < 4.78 is 15.6. The van der Waals surface area contributed by atoms with Crippen molar-refractivity contribution in [2.75, 3.05) is 31.0 Å². The van der Waals surface area contributed by atoms with Crippen LogP contribution in [0, 0.1) is 0 Å². The van der Waals surface area contributed by atoms with Gasteiger partial charge in [0.25, 0.3) is 5.91 Å². The Labute approximate surface area is 177 Å². The fourth-order valence-corrected chi connectivity index (χ4v) is 3.27. The highest BCUT2D eigenvalue weighted by atomic mass is 32.2. The molecule has 0 radical (unpaired) electrons. The highest BCUT2D eigenvalue weighted by Crippen LogP contribution is 2.34. The second-order valence-electron chi connectivity index (χ2n) is 6.19. The Morgan fingerprint density at radius 3 is 2.83 bits per heavy atom. The number of carbonyl (C=O) groups is 3. The molecule has 2 N–H and O–H groups in total. The number of ether oxygens (including phenoxy) is 3. The van der Waals surface area contributed by atoms with E-state index in [4.69, 9.17) is 14.2 Å². The number of anilines is 1. The van der Waals surface area contributed by atoms with Crippen molar-refractivity contribution < 1.29 is 28.6 Å². The van der Waals surface area contributed by atoms with Crippen LogP contribution in [0.4, 0.5) is 5.69 Å². The summed E-state index contributed by atoms with van der Waals surface area (Å²) in [6.07, 6.45) is 2.31. The van der Waals surface area contributed by atoms with Gasteiger partial charge in [-0.05, 0) is 30.7 Å². The van der Waals surface area contributed by atoms with Crippen molar-refractivity contribution in [3.05, 3.63) is 42.1 Å². The quantitative estimate of drug-likeness (QED) is 0.459. The number of amides is 2. The Bertz CT molecular complexity index is 937. The van der Waals surface area contributed by atoms with Gasteiger partial charge in [0.1, 0.15) is 5.03 Å².